The maximum atomic E-state index is 12.3. The van der Waals surface area contributed by atoms with E-state index in [0.717, 1.165) is 0 Å². The van der Waals surface area contributed by atoms with Crippen molar-refractivity contribution < 1.29 is 9.53 Å². The van der Waals surface area contributed by atoms with Crippen molar-refractivity contribution in [1.82, 2.24) is 4.98 Å². The van der Waals surface area contributed by atoms with Gasteiger partial charge in [0.2, 0.25) is 0 Å². The van der Waals surface area contributed by atoms with Gasteiger partial charge in [0.05, 0.1) is 13.2 Å². The number of ether oxygens (including phenoxy) is 1. The van der Waals surface area contributed by atoms with Gasteiger partial charge in [-0.3, -0.25) is 9.78 Å². The van der Waals surface area contributed by atoms with Crippen LogP contribution in [0.25, 0.3) is 0 Å². The topological polar surface area (TPSA) is 63.0 Å². The Balaban J connectivity index is 2.35. The molecule has 0 aliphatic carbocycles. The molecule has 0 radical (unpaired) electrons. The highest BCUT2D eigenvalue weighted by molar-refractivity contribution is 6.02. The van der Waals surface area contributed by atoms with E-state index in [1.165, 1.54) is 12.4 Å². The lowest BCUT2D eigenvalue weighted by Gasteiger charge is -2.09. The van der Waals surface area contributed by atoms with Gasteiger partial charge in [-0.25, -0.2) is 0 Å². The van der Waals surface area contributed by atoms with E-state index < -0.39 is 5.92 Å². The Bertz CT molecular complexity index is 618. The van der Waals surface area contributed by atoms with Gasteiger partial charge in [-0.05, 0) is 29.8 Å². The Labute approximate surface area is 111 Å². The van der Waals surface area contributed by atoms with Crippen molar-refractivity contribution in [1.29, 1.82) is 5.26 Å². The van der Waals surface area contributed by atoms with Gasteiger partial charge in [0.1, 0.15) is 11.7 Å². The van der Waals surface area contributed by atoms with Crippen LogP contribution in [0.2, 0.25) is 0 Å². The zero-order valence-electron chi connectivity index (χ0n) is 10.4. The number of nitrogens with zero attached hydrogens (tertiary/aromatic N) is 2. The summed E-state index contributed by atoms with van der Waals surface area (Å²) in [7, 11) is 1.55. The Kier molecular flexibility index (Phi) is 3.89. The number of ketones is 1. The summed E-state index contributed by atoms with van der Waals surface area (Å²) in [5.74, 6) is -0.448. The SMILES string of the molecule is COc1cccc(C(C#N)C(=O)c2ccncc2)c1. The molecule has 1 aromatic heterocycles. The van der Waals surface area contributed by atoms with Gasteiger partial charge in [0.15, 0.2) is 5.78 Å². The number of pyridine rings is 1. The first-order valence-corrected chi connectivity index (χ1v) is 5.74. The highest BCUT2D eigenvalue weighted by atomic mass is 16.5. The van der Waals surface area contributed by atoms with E-state index in [0.29, 0.717) is 16.9 Å². The van der Waals surface area contributed by atoms with Crippen LogP contribution < -0.4 is 4.74 Å². The van der Waals surface area contributed by atoms with E-state index in [1.54, 1.807) is 43.5 Å². The minimum atomic E-state index is -0.836. The molecule has 1 atom stereocenters. The average Bonchev–Trinajstić information content (AvgIpc) is 2.49. The van der Waals surface area contributed by atoms with E-state index in [9.17, 15) is 10.1 Å². The summed E-state index contributed by atoms with van der Waals surface area (Å²) in [5, 5.41) is 9.25. The molecule has 2 rings (SSSR count). The number of carbonyl (C=O) groups is 1. The number of carbonyl (C=O) groups excluding carboxylic acids is 1. The molecule has 0 saturated carbocycles. The first kappa shape index (κ1) is 12.8. The highest BCUT2D eigenvalue weighted by Gasteiger charge is 2.21. The molecule has 0 saturated heterocycles. The molecule has 1 aromatic carbocycles. The van der Waals surface area contributed by atoms with Gasteiger partial charge in [-0.15, -0.1) is 0 Å². The van der Waals surface area contributed by atoms with Crippen molar-refractivity contribution >= 4 is 5.78 Å². The fourth-order valence-corrected chi connectivity index (χ4v) is 1.79. The second-order valence-electron chi connectivity index (χ2n) is 3.94. The molecule has 19 heavy (non-hydrogen) atoms. The largest absolute Gasteiger partial charge is 0.497 e. The molecule has 1 heterocycles. The fourth-order valence-electron chi connectivity index (χ4n) is 1.79. The molecule has 94 valence electrons. The second kappa shape index (κ2) is 5.78. The average molecular weight is 252 g/mol. The molecule has 4 nitrogen and oxygen atoms in total. The lowest BCUT2D eigenvalue weighted by molar-refractivity contribution is 0.0978. The van der Waals surface area contributed by atoms with Crippen LogP contribution in [-0.4, -0.2) is 17.9 Å². The third kappa shape index (κ3) is 2.78. The van der Waals surface area contributed by atoms with Gasteiger partial charge in [0, 0.05) is 18.0 Å². The molecular weight excluding hydrogens is 240 g/mol. The zero-order valence-corrected chi connectivity index (χ0v) is 10.4. The lowest BCUT2D eigenvalue weighted by atomic mass is 9.92. The number of hydrogen-bond donors (Lipinski definition) is 0. The molecule has 0 N–H and O–H groups in total. The first-order chi connectivity index (χ1) is 9.26. The number of hydrogen-bond acceptors (Lipinski definition) is 4. The molecule has 0 fully saturated rings. The molecule has 4 heteroatoms. The van der Waals surface area contributed by atoms with Gasteiger partial charge >= 0.3 is 0 Å². The smallest absolute Gasteiger partial charge is 0.184 e. The minimum absolute atomic E-state index is 0.238. The van der Waals surface area contributed by atoms with Gasteiger partial charge in [0.25, 0.3) is 0 Å². The van der Waals surface area contributed by atoms with Gasteiger partial charge in [-0.1, -0.05) is 12.1 Å². The van der Waals surface area contributed by atoms with Crippen LogP contribution in [0.15, 0.2) is 48.8 Å². The van der Waals surface area contributed by atoms with Crippen LogP contribution in [0.1, 0.15) is 21.8 Å². The first-order valence-electron chi connectivity index (χ1n) is 5.74. The predicted octanol–water partition coefficient (Wildman–Crippen LogP) is 2.58. The van der Waals surface area contributed by atoms with E-state index in [1.807, 2.05) is 6.07 Å². The number of benzene rings is 1. The quantitative estimate of drug-likeness (QED) is 0.784. The summed E-state index contributed by atoms with van der Waals surface area (Å²) in [6.45, 7) is 0. The molecule has 0 spiro atoms. The Morgan fingerprint density at radius 3 is 2.68 bits per heavy atom. The Morgan fingerprint density at radius 2 is 2.05 bits per heavy atom. The van der Waals surface area contributed by atoms with Crippen LogP contribution in [0, 0.1) is 11.3 Å². The third-order valence-corrected chi connectivity index (χ3v) is 2.78. The van der Waals surface area contributed by atoms with Crippen molar-refractivity contribution in [2.75, 3.05) is 7.11 Å². The summed E-state index contributed by atoms with van der Waals surface area (Å²) in [6.07, 6.45) is 3.07. The Hall–Kier alpha value is -2.67. The van der Waals surface area contributed by atoms with E-state index in [-0.39, 0.29) is 5.78 Å². The molecule has 2 aromatic rings. The van der Waals surface area contributed by atoms with E-state index in [2.05, 4.69) is 4.98 Å². The molecule has 1 unspecified atom stereocenters. The van der Waals surface area contributed by atoms with Gasteiger partial charge < -0.3 is 4.74 Å². The second-order valence-corrected chi connectivity index (χ2v) is 3.94. The number of nitriles is 1. The summed E-state index contributed by atoms with van der Waals surface area (Å²) < 4.78 is 5.10. The highest BCUT2D eigenvalue weighted by Crippen LogP contribution is 2.23. The summed E-state index contributed by atoms with van der Waals surface area (Å²) in [6, 6.07) is 12.2. The lowest BCUT2D eigenvalue weighted by Crippen LogP contribution is -2.11. The summed E-state index contributed by atoms with van der Waals surface area (Å²) >= 11 is 0. The van der Waals surface area contributed by atoms with Crippen LogP contribution in [-0.2, 0) is 0 Å². The predicted molar refractivity (Wildman–Crippen MR) is 69.9 cm³/mol. The number of methoxy groups -OCH3 is 1. The van der Waals surface area contributed by atoms with Crippen molar-refractivity contribution in [3.05, 3.63) is 59.9 Å². The zero-order chi connectivity index (χ0) is 13.7. The van der Waals surface area contributed by atoms with Gasteiger partial charge in [-0.2, -0.15) is 5.26 Å². The van der Waals surface area contributed by atoms with Crippen molar-refractivity contribution in [2.24, 2.45) is 0 Å². The van der Waals surface area contributed by atoms with Crippen LogP contribution in [0.5, 0.6) is 5.75 Å². The maximum Gasteiger partial charge on any atom is 0.184 e. The fraction of sp³-hybridized carbons (Fsp3) is 0.133. The third-order valence-electron chi connectivity index (χ3n) is 2.78. The van der Waals surface area contributed by atoms with Crippen LogP contribution in [0.3, 0.4) is 0 Å². The molecular formula is C15H12N2O2. The van der Waals surface area contributed by atoms with Crippen LogP contribution >= 0.6 is 0 Å². The van der Waals surface area contributed by atoms with Crippen molar-refractivity contribution in [3.63, 3.8) is 0 Å². The maximum absolute atomic E-state index is 12.3. The molecule has 0 aliphatic rings. The molecule has 0 bridgehead atoms. The van der Waals surface area contributed by atoms with Crippen molar-refractivity contribution in [3.8, 4) is 11.8 Å². The van der Waals surface area contributed by atoms with Crippen molar-refractivity contribution in [2.45, 2.75) is 5.92 Å². The minimum Gasteiger partial charge on any atom is -0.497 e. The van der Waals surface area contributed by atoms with Crippen LogP contribution in [0.4, 0.5) is 0 Å². The standard InChI is InChI=1S/C15H12N2O2/c1-19-13-4-2-3-12(9-13)14(10-16)15(18)11-5-7-17-8-6-11/h2-9,14H,1H3. The van der Waals surface area contributed by atoms with E-state index in [4.69, 9.17) is 4.74 Å². The number of aromatic nitrogens is 1. The summed E-state index contributed by atoms with van der Waals surface area (Å²) in [5.41, 5.74) is 1.10. The van der Waals surface area contributed by atoms with E-state index >= 15 is 0 Å². The summed E-state index contributed by atoms with van der Waals surface area (Å²) in [4.78, 5) is 16.1. The normalized spacial score (nSPS) is 11.4. The molecule has 0 aliphatic heterocycles. The molecule has 0 amide bonds. The monoisotopic (exact) mass is 252 g/mol. The number of rotatable bonds is 4. The number of Topliss-reactive ketones (excluding diaryl/α,β-unsaturated/α-hetero) is 1. The Morgan fingerprint density at radius 1 is 1.32 bits per heavy atom.